The molecule has 1 saturated carbocycles. The maximum atomic E-state index is 3.63. The molecule has 0 N–H and O–H groups in total. The minimum Gasteiger partial charge on any atom is -0.372 e. The summed E-state index contributed by atoms with van der Waals surface area (Å²) in [5.74, 6) is 0.939. The highest BCUT2D eigenvalue weighted by atomic mass is 79.9. The maximum Gasteiger partial charge on any atom is 0.0377 e. The summed E-state index contributed by atoms with van der Waals surface area (Å²) in [6, 6.07) is 6.67. The van der Waals surface area contributed by atoms with E-state index in [0.717, 1.165) is 17.8 Å². The van der Waals surface area contributed by atoms with Crippen LogP contribution >= 0.6 is 31.9 Å². The molecule has 0 aliphatic heterocycles. The summed E-state index contributed by atoms with van der Waals surface area (Å²) in [6.07, 6.45) is 2.83. The van der Waals surface area contributed by atoms with Crippen molar-refractivity contribution < 1.29 is 0 Å². The zero-order chi connectivity index (χ0) is 11.5. The van der Waals surface area contributed by atoms with Gasteiger partial charge in [0.2, 0.25) is 0 Å². The van der Waals surface area contributed by atoms with Crippen molar-refractivity contribution in [2.24, 2.45) is 5.92 Å². The lowest BCUT2D eigenvalue weighted by Gasteiger charge is -2.23. The number of alkyl halides is 1. The molecule has 0 saturated heterocycles. The number of hydrogen-bond acceptors (Lipinski definition) is 1. The number of nitrogens with zero attached hydrogens (tertiary/aromatic N) is 1. The van der Waals surface area contributed by atoms with Gasteiger partial charge in [0.05, 0.1) is 0 Å². The second kappa shape index (κ2) is 5.54. The molecule has 0 unspecified atom stereocenters. The van der Waals surface area contributed by atoms with Crippen molar-refractivity contribution in [3.05, 3.63) is 28.2 Å². The van der Waals surface area contributed by atoms with E-state index in [9.17, 15) is 0 Å². The van der Waals surface area contributed by atoms with Crippen LogP contribution in [0.1, 0.15) is 25.3 Å². The van der Waals surface area contributed by atoms with Gasteiger partial charge < -0.3 is 4.90 Å². The number of rotatable bonds is 5. The van der Waals surface area contributed by atoms with E-state index in [1.54, 1.807) is 0 Å². The average Bonchev–Trinajstić information content (AvgIpc) is 3.09. The molecule has 1 aromatic carbocycles. The highest BCUT2D eigenvalue weighted by molar-refractivity contribution is 9.10. The minimum atomic E-state index is 0.905. The van der Waals surface area contributed by atoms with Crippen LogP contribution in [-0.4, -0.2) is 13.1 Å². The van der Waals surface area contributed by atoms with Crippen molar-refractivity contribution in [2.45, 2.75) is 25.1 Å². The summed E-state index contributed by atoms with van der Waals surface area (Å²) >= 11 is 7.12. The first-order valence-corrected chi connectivity index (χ1v) is 7.75. The average molecular weight is 347 g/mol. The van der Waals surface area contributed by atoms with E-state index in [-0.39, 0.29) is 0 Å². The molecule has 0 spiro atoms. The van der Waals surface area contributed by atoms with Gasteiger partial charge in [-0.05, 0) is 43.4 Å². The fourth-order valence-electron chi connectivity index (χ4n) is 1.87. The Bertz CT molecular complexity index is 361. The first-order valence-electron chi connectivity index (χ1n) is 5.84. The summed E-state index contributed by atoms with van der Waals surface area (Å²) in [5.41, 5.74) is 2.65. The first kappa shape index (κ1) is 12.4. The minimum absolute atomic E-state index is 0.905. The Morgan fingerprint density at radius 2 is 2.12 bits per heavy atom. The Morgan fingerprint density at radius 1 is 1.38 bits per heavy atom. The Balaban J connectivity index is 2.13. The predicted molar refractivity (Wildman–Crippen MR) is 77.4 cm³/mol. The van der Waals surface area contributed by atoms with Crippen molar-refractivity contribution in [3.8, 4) is 0 Å². The third kappa shape index (κ3) is 3.01. The second-order valence-electron chi connectivity index (χ2n) is 4.39. The fourth-order valence-corrected chi connectivity index (χ4v) is 3.24. The number of benzene rings is 1. The molecule has 0 bridgehead atoms. The monoisotopic (exact) mass is 345 g/mol. The highest BCUT2D eigenvalue weighted by Gasteiger charge is 2.23. The Hall–Kier alpha value is -0.0200. The summed E-state index contributed by atoms with van der Waals surface area (Å²) < 4.78 is 1.20. The van der Waals surface area contributed by atoms with Crippen LogP contribution in [0.4, 0.5) is 5.69 Å². The maximum absolute atomic E-state index is 3.63. The summed E-state index contributed by atoms with van der Waals surface area (Å²) in [7, 11) is 0. The largest absolute Gasteiger partial charge is 0.372 e. The van der Waals surface area contributed by atoms with Crippen molar-refractivity contribution >= 4 is 37.5 Å². The van der Waals surface area contributed by atoms with Crippen molar-refractivity contribution in [1.29, 1.82) is 0 Å². The zero-order valence-corrected chi connectivity index (χ0v) is 12.7. The number of halogens is 2. The van der Waals surface area contributed by atoms with Crippen LogP contribution in [0, 0.1) is 5.92 Å². The SMILES string of the molecule is CCN(CC1CC1)c1ccc(CBr)c(Br)c1. The predicted octanol–water partition coefficient (Wildman–Crippen LogP) is 4.58. The number of anilines is 1. The van der Waals surface area contributed by atoms with Gasteiger partial charge in [0.1, 0.15) is 0 Å². The Morgan fingerprint density at radius 3 is 2.62 bits per heavy atom. The van der Waals surface area contributed by atoms with Gasteiger partial charge in [0.15, 0.2) is 0 Å². The topological polar surface area (TPSA) is 3.24 Å². The molecule has 1 aromatic rings. The number of hydrogen-bond donors (Lipinski definition) is 0. The molecule has 2 rings (SSSR count). The zero-order valence-electron chi connectivity index (χ0n) is 9.55. The van der Waals surface area contributed by atoms with Crippen LogP contribution in [0.3, 0.4) is 0 Å². The van der Waals surface area contributed by atoms with Crippen LogP contribution in [0.5, 0.6) is 0 Å². The molecule has 0 radical (unpaired) electrons. The highest BCUT2D eigenvalue weighted by Crippen LogP contribution is 2.32. The van der Waals surface area contributed by atoms with E-state index in [1.807, 2.05) is 0 Å². The van der Waals surface area contributed by atoms with Gasteiger partial charge in [-0.15, -0.1) is 0 Å². The van der Waals surface area contributed by atoms with Crippen LogP contribution in [0.2, 0.25) is 0 Å². The molecule has 0 atom stereocenters. The van der Waals surface area contributed by atoms with Crippen LogP contribution in [-0.2, 0) is 5.33 Å². The van der Waals surface area contributed by atoms with Gasteiger partial charge in [0.25, 0.3) is 0 Å². The smallest absolute Gasteiger partial charge is 0.0377 e. The van der Waals surface area contributed by atoms with Crippen molar-refractivity contribution in [3.63, 3.8) is 0 Å². The lowest BCUT2D eigenvalue weighted by atomic mass is 10.2. The Labute approximate surface area is 114 Å². The van der Waals surface area contributed by atoms with E-state index in [2.05, 4.69) is 61.9 Å². The quantitative estimate of drug-likeness (QED) is 0.705. The van der Waals surface area contributed by atoms with Gasteiger partial charge in [-0.1, -0.05) is 37.9 Å². The van der Waals surface area contributed by atoms with Crippen molar-refractivity contribution in [2.75, 3.05) is 18.0 Å². The summed E-state index contributed by atoms with van der Waals surface area (Å²) in [6.45, 7) is 4.54. The van der Waals surface area contributed by atoms with E-state index >= 15 is 0 Å². The molecular formula is C13H17Br2N. The van der Waals surface area contributed by atoms with Crippen molar-refractivity contribution in [1.82, 2.24) is 0 Å². The standard InChI is InChI=1S/C13H17Br2N/c1-2-16(9-10-3-4-10)12-6-5-11(8-14)13(15)7-12/h5-7,10H,2-4,8-9H2,1H3. The van der Waals surface area contributed by atoms with Crippen LogP contribution in [0.15, 0.2) is 22.7 Å². The van der Waals surface area contributed by atoms with E-state index < -0.39 is 0 Å². The lowest BCUT2D eigenvalue weighted by molar-refractivity contribution is 0.742. The van der Waals surface area contributed by atoms with E-state index in [4.69, 9.17) is 0 Å². The van der Waals surface area contributed by atoms with E-state index in [0.29, 0.717) is 0 Å². The van der Waals surface area contributed by atoms with Crippen LogP contribution < -0.4 is 4.90 Å². The van der Waals surface area contributed by atoms with Gasteiger partial charge in [-0.3, -0.25) is 0 Å². The summed E-state index contributed by atoms with van der Waals surface area (Å²) in [4.78, 5) is 2.47. The molecule has 1 aliphatic carbocycles. The lowest BCUT2D eigenvalue weighted by Crippen LogP contribution is -2.25. The second-order valence-corrected chi connectivity index (χ2v) is 5.81. The summed E-state index contributed by atoms with van der Waals surface area (Å²) in [5, 5.41) is 0.905. The van der Waals surface area contributed by atoms with E-state index in [1.165, 1.54) is 35.1 Å². The van der Waals surface area contributed by atoms with Crippen LogP contribution in [0.25, 0.3) is 0 Å². The molecule has 0 aromatic heterocycles. The molecule has 88 valence electrons. The molecule has 0 heterocycles. The molecular weight excluding hydrogens is 330 g/mol. The third-order valence-electron chi connectivity index (χ3n) is 3.10. The molecule has 16 heavy (non-hydrogen) atoms. The Kier molecular flexibility index (Phi) is 4.31. The van der Waals surface area contributed by atoms with Gasteiger partial charge in [0, 0.05) is 28.6 Å². The molecule has 0 amide bonds. The molecule has 3 heteroatoms. The van der Waals surface area contributed by atoms with Gasteiger partial charge in [-0.25, -0.2) is 0 Å². The van der Waals surface area contributed by atoms with Gasteiger partial charge in [-0.2, -0.15) is 0 Å². The fraction of sp³-hybridized carbons (Fsp3) is 0.538. The third-order valence-corrected chi connectivity index (χ3v) is 4.45. The normalized spacial score (nSPS) is 15.2. The first-order chi connectivity index (χ1) is 7.74. The van der Waals surface area contributed by atoms with Gasteiger partial charge >= 0.3 is 0 Å². The molecule has 1 aliphatic rings. The molecule has 1 nitrogen and oxygen atoms in total. The molecule has 1 fully saturated rings.